The van der Waals surface area contributed by atoms with E-state index in [-0.39, 0.29) is 17.9 Å². The minimum absolute atomic E-state index is 0.194. The van der Waals surface area contributed by atoms with Gasteiger partial charge in [-0.3, -0.25) is 4.79 Å². The lowest BCUT2D eigenvalue weighted by Crippen LogP contribution is -2.23. The Kier molecular flexibility index (Phi) is 8.05. The highest BCUT2D eigenvalue weighted by Crippen LogP contribution is 2.22. The Bertz CT molecular complexity index is 372. The predicted octanol–water partition coefficient (Wildman–Crippen LogP) is 4.03. The van der Waals surface area contributed by atoms with Gasteiger partial charge < -0.3 is 4.74 Å². The Morgan fingerprint density at radius 3 is 2.40 bits per heavy atom. The summed E-state index contributed by atoms with van der Waals surface area (Å²) < 4.78 is 5.07. The first kappa shape index (κ1) is 18.6. The van der Waals surface area contributed by atoms with E-state index in [0.29, 0.717) is 13.0 Å². The van der Waals surface area contributed by atoms with Crippen molar-refractivity contribution >= 4 is 5.97 Å². The zero-order valence-corrected chi connectivity index (χ0v) is 13.4. The second-order valence-corrected chi connectivity index (χ2v) is 5.83. The van der Waals surface area contributed by atoms with Crippen molar-refractivity contribution in [2.24, 2.45) is 10.2 Å². The molecule has 0 saturated carbocycles. The van der Waals surface area contributed by atoms with Gasteiger partial charge in [0.1, 0.15) is 0 Å². The first-order valence-corrected chi connectivity index (χ1v) is 7.29. The number of ether oxygens (including phenoxy) is 1. The fraction of sp³-hybridized carbons (Fsp3) is 0.867. The van der Waals surface area contributed by atoms with E-state index >= 15 is 0 Å². The number of nitriles is 1. The van der Waals surface area contributed by atoms with Crippen LogP contribution in [0.5, 0.6) is 0 Å². The van der Waals surface area contributed by atoms with Crippen LogP contribution in [0.3, 0.4) is 0 Å². The summed E-state index contributed by atoms with van der Waals surface area (Å²) in [6.07, 6.45) is 3.23. The van der Waals surface area contributed by atoms with Crippen LogP contribution in [0.2, 0.25) is 0 Å². The van der Waals surface area contributed by atoms with E-state index in [1.165, 1.54) is 0 Å². The fourth-order valence-corrected chi connectivity index (χ4v) is 1.19. The van der Waals surface area contributed by atoms with Crippen molar-refractivity contribution in [3.8, 4) is 6.07 Å². The lowest BCUT2D eigenvalue weighted by Gasteiger charge is -2.19. The van der Waals surface area contributed by atoms with Crippen LogP contribution in [0.1, 0.15) is 66.7 Å². The molecule has 0 saturated heterocycles. The molecule has 0 heterocycles. The summed E-state index contributed by atoms with van der Waals surface area (Å²) in [5.74, 6) is -0.273. The summed E-state index contributed by atoms with van der Waals surface area (Å²) in [6, 6.07) is 2.13. The molecule has 0 amide bonds. The quantitative estimate of drug-likeness (QED) is 0.364. The molecule has 0 aromatic rings. The van der Waals surface area contributed by atoms with Crippen molar-refractivity contribution in [3.63, 3.8) is 0 Å². The van der Waals surface area contributed by atoms with Gasteiger partial charge in [0.15, 0.2) is 5.54 Å². The van der Waals surface area contributed by atoms with Gasteiger partial charge in [-0.05, 0) is 40.0 Å². The average Bonchev–Trinajstić information content (AvgIpc) is 2.43. The van der Waals surface area contributed by atoms with Crippen molar-refractivity contribution in [3.05, 3.63) is 0 Å². The second kappa shape index (κ2) is 8.68. The van der Waals surface area contributed by atoms with Crippen molar-refractivity contribution in [2.75, 3.05) is 6.61 Å². The van der Waals surface area contributed by atoms with E-state index in [0.717, 1.165) is 19.3 Å². The van der Waals surface area contributed by atoms with E-state index in [2.05, 4.69) is 16.3 Å². The molecule has 0 aliphatic heterocycles. The molecule has 0 N–H and O–H groups in total. The van der Waals surface area contributed by atoms with Crippen LogP contribution in [0.15, 0.2) is 10.2 Å². The number of esters is 1. The highest BCUT2D eigenvalue weighted by Gasteiger charge is 2.26. The number of nitrogens with zero attached hydrogens (tertiary/aromatic N) is 3. The minimum Gasteiger partial charge on any atom is -0.466 e. The number of rotatable bonds is 9. The fourth-order valence-electron chi connectivity index (χ4n) is 1.19. The average molecular weight is 281 g/mol. The topological polar surface area (TPSA) is 74.8 Å². The molecule has 0 rings (SSSR count). The maximum absolute atomic E-state index is 11.5. The molecular formula is C15H27N3O2. The number of hydrogen-bond acceptors (Lipinski definition) is 5. The Labute approximate surface area is 122 Å². The van der Waals surface area contributed by atoms with Crippen LogP contribution in [-0.4, -0.2) is 23.7 Å². The number of carbonyl (C=O) groups is 1. The molecule has 0 radical (unpaired) electrons. The van der Waals surface area contributed by atoms with Gasteiger partial charge in [-0.2, -0.15) is 15.5 Å². The van der Waals surface area contributed by atoms with Crippen LogP contribution in [0, 0.1) is 11.3 Å². The summed E-state index contributed by atoms with van der Waals surface area (Å²) >= 11 is 0. The highest BCUT2D eigenvalue weighted by atomic mass is 16.5. The summed E-state index contributed by atoms with van der Waals surface area (Å²) in [7, 11) is 0. The van der Waals surface area contributed by atoms with Gasteiger partial charge in [0.2, 0.25) is 0 Å². The van der Waals surface area contributed by atoms with E-state index in [1.54, 1.807) is 6.92 Å². The molecule has 0 aliphatic rings. The van der Waals surface area contributed by atoms with Crippen LogP contribution >= 0.6 is 0 Å². The molecule has 1 atom stereocenters. The van der Waals surface area contributed by atoms with Gasteiger partial charge >= 0.3 is 5.97 Å². The van der Waals surface area contributed by atoms with Gasteiger partial charge in [0.25, 0.3) is 0 Å². The van der Waals surface area contributed by atoms with Crippen LogP contribution < -0.4 is 0 Å². The molecule has 0 aliphatic carbocycles. The van der Waals surface area contributed by atoms with Crippen molar-refractivity contribution < 1.29 is 9.53 Å². The zero-order valence-electron chi connectivity index (χ0n) is 13.4. The Hall–Kier alpha value is -1.44. The third-order valence-corrected chi connectivity index (χ3v) is 3.22. The monoisotopic (exact) mass is 281 g/mol. The van der Waals surface area contributed by atoms with Gasteiger partial charge in [0.05, 0.1) is 18.2 Å². The first-order chi connectivity index (χ1) is 9.28. The molecular weight excluding hydrogens is 254 g/mol. The third-order valence-electron chi connectivity index (χ3n) is 3.22. The molecule has 0 aromatic carbocycles. The van der Waals surface area contributed by atoms with Crippen LogP contribution in [0.4, 0.5) is 0 Å². The second-order valence-electron chi connectivity index (χ2n) is 5.83. The van der Waals surface area contributed by atoms with E-state index in [9.17, 15) is 10.1 Å². The normalized spacial score (nSPS) is 14.8. The standard InChI is InChI=1S/C15H27N3O2/c1-6-8-11-20-13(19)9-10-15(5,12-16)18-17-14(3,4)7-2/h6-11H2,1-5H3. The maximum atomic E-state index is 11.5. The molecule has 0 fully saturated rings. The number of carbonyl (C=O) groups excluding carboxylic acids is 1. The van der Waals surface area contributed by atoms with Crippen LogP contribution in [-0.2, 0) is 9.53 Å². The predicted molar refractivity (Wildman–Crippen MR) is 78.3 cm³/mol. The van der Waals surface area contributed by atoms with E-state index in [1.807, 2.05) is 27.7 Å². The maximum Gasteiger partial charge on any atom is 0.305 e. The SMILES string of the molecule is CCCCOC(=O)CCC(C)(C#N)N=NC(C)(C)CC. The molecule has 114 valence electrons. The molecule has 0 aromatic heterocycles. The van der Waals surface area contributed by atoms with Gasteiger partial charge in [-0.1, -0.05) is 20.3 Å². The Morgan fingerprint density at radius 2 is 1.90 bits per heavy atom. The molecule has 20 heavy (non-hydrogen) atoms. The van der Waals surface area contributed by atoms with Crippen molar-refractivity contribution in [2.45, 2.75) is 77.8 Å². The Morgan fingerprint density at radius 1 is 1.25 bits per heavy atom. The molecule has 5 heteroatoms. The summed E-state index contributed by atoms with van der Waals surface area (Å²) in [6.45, 7) is 10.1. The summed E-state index contributed by atoms with van der Waals surface area (Å²) in [5.41, 5.74) is -1.24. The Balaban J connectivity index is 4.39. The molecule has 5 nitrogen and oxygen atoms in total. The number of hydrogen-bond donors (Lipinski definition) is 0. The van der Waals surface area contributed by atoms with Crippen molar-refractivity contribution in [1.82, 2.24) is 0 Å². The summed E-state index contributed by atoms with van der Waals surface area (Å²) in [5, 5.41) is 17.6. The zero-order chi connectivity index (χ0) is 15.6. The summed E-state index contributed by atoms with van der Waals surface area (Å²) in [4.78, 5) is 11.5. The van der Waals surface area contributed by atoms with Crippen molar-refractivity contribution in [1.29, 1.82) is 5.26 Å². The third kappa shape index (κ3) is 7.88. The van der Waals surface area contributed by atoms with E-state index < -0.39 is 5.54 Å². The van der Waals surface area contributed by atoms with Crippen LogP contribution in [0.25, 0.3) is 0 Å². The first-order valence-electron chi connectivity index (χ1n) is 7.29. The molecule has 0 bridgehead atoms. The lowest BCUT2D eigenvalue weighted by molar-refractivity contribution is -0.144. The van der Waals surface area contributed by atoms with Gasteiger partial charge in [0, 0.05) is 6.42 Å². The number of unbranched alkanes of at least 4 members (excludes halogenated alkanes) is 1. The minimum atomic E-state index is -0.962. The molecule has 0 spiro atoms. The van der Waals surface area contributed by atoms with Gasteiger partial charge in [-0.15, -0.1) is 0 Å². The number of azo groups is 1. The highest BCUT2D eigenvalue weighted by molar-refractivity contribution is 5.69. The largest absolute Gasteiger partial charge is 0.466 e. The van der Waals surface area contributed by atoms with E-state index in [4.69, 9.17) is 4.74 Å². The molecule has 1 unspecified atom stereocenters. The smallest absolute Gasteiger partial charge is 0.305 e. The lowest BCUT2D eigenvalue weighted by atomic mass is 9.99. The van der Waals surface area contributed by atoms with Gasteiger partial charge in [-0.25, -0.2) is 0 Å².